The molecule has 3 aromatic heterocycles. The number of rotatable bonds is 10. The van der Waals surface area contributed by atoms with Crippen molar-refractivity contribution in [3.05, 3.63) is 41.1 Å². The first-order chi connectivity index (χ1) is 19.8. The molecular formula is C25H26F7N7O3. The molecule has 5 rings (SSSR count). The van der Waals surface area contributed by atoms with Crippen molar-refractivity contribution in [3.63, 3.8) is 0 Å². The molecule has 0 aliphatic heterocycles. The van der Waals surface area contributed by atoms with Crippen molar-refractivity contribution in [2.75, 3.05) is 6.54 Å². The first kappa shape index (κ1) is 29.7. The molecule has 2 aliphatic carbocycles. The number of halogens is 7. The van der Waals surface area contributed by atoms with Crippen molar-refractivity contribution in [1.29, 1.82) is 0 Å². The van der Waals surface area contributed by atoms with E-state index in [1.807, 2.05) is 0 Å². The van der Waals surface area contributed by atoms with Crippen molar-refractivity contribution in [1.82, 2.24) is 35.5 Å². The predicted octanol–water partition coefficient (Wildman–Crippen LogP) is 4.70. The van der Waals surface area contributed by atoms with Crippen molar-refractivity contribution >= 4 is 17.5 Å². The SMILES string of the molecule is O=C(NC(c1cn2ncc([C@H](CC(F)F)C(=O)NCC(F)(F)F)cc2n1)C1CCC(F)(F)CC1)c1nonc1C1CC1. The molecule has 0 saturated heterocycles. The highest BCUT2D eigenvalue weighted by atomic mass is 19.4. The van der Waals surface area contributed by atoms with Gasteiger partial charge in [0, 0.05) is 25.2 Å². The Labute approximate surface area is 233 Å². The molecule has 1 unspecified atom stereocenters. The third-order valence-electron chi connectivity index (χ3n) is 7.49. The summed E-state index contributed by atoms with van der Waals surface area (Å²) < 4.78 is 98.2. The fourth-order valence-electron chi connectivity index (χ4n) is 5.15. The molecule has 0 spiro atoms. The van der Waals surface area contributed by atoms with E-state index in [2.05, 4.69) is 25.7 Å². The lowest BCUT2D eigenvalue weighted by Gasteiger charge is -2.33. The van der Waals surface area contributed by atoms with Gasteiger partial charge in [-0.3, -0.25) is 9.59 Å². The molecule has 2 aliphatic rings. The monoisotopic (exact) mass is 605 g/mol. The summed E-state index contributed by atoms with van der Waals surface area (Å²) in [6, 6.07) is 0.353. The molecule has 42 heavy (non-hydrogen) atoms. The number of hydrogen-bond acceptors (Lipinski definition) is 7. The van der Waals surface area contributed by atoms with Gasteiger partial charge in [0.15, 0.2) is 11.3 Å². The summed E-state index contributed by atoms with van der Waals surface area (Å²) in [6.07, 6.45) is -5.36. The number of carbonyl (C=O) groups is 2. The molecule has 2 atom stereocenters. The van der Waals surface area contributed by atoms with E-state index in [1.54, 1.807) is 5.32 Å². The van der Waals surface area contributed by atoms with E-state index >= 15 is 0 Å². The maximum atomic E-state index is 13.9. The highest BCUT2D eigenvalue weighted by Crippen LogP contribution is 2.42. The largest absolute Gasteiger partial charge is 0.405 e. The molecule has 2 saturated carbocycles. The van der Waals surface area contributed by atoms with E-state index < -0.39 is 74.0 Å². The van der Waals surface area contributed by atoms with Crippen LogP contribution in [0.15, 0.2) is 23.1 Å². The summed E-state index contributed by atoms with van der Waals surface area (Å²) in [6.45, 7) is -1.69. The van der Waals surface area contributed by atoms with Crippen LogP contribution in [0.25, 0.3) is 5.65 Å². The summed E-state index contributed by atoms with van der Waals surface area (Å²) in [4.78, 5) is 30.1. The Morgan fingerprint density at radius 1 is 1.12 bits per heavy atom. The highest BCUT2D eigenvalue weighted by Gasteiger charge is 2.41. The Morgan fingerprint density at radius 2 is 1.83 bits per heavy atom. The number of amides is 2. The van der Waals surface area contributed by atoms with Gasteiger partial charge in [0.1, 0.15) is 12.2 Å². The van der Waals surface area contributed by atoms with E-state index in [-0.39, 0.29) is 41.4 Å². The summed E-state index contributed by atoms with van der Waals surface area (Å²) in [5.41, 5.74) is 0.552. The summed E-state index contributed by atoms with van der Waals surface area (Å²) in [5.74, 6) is -6.81. The van der Waals surface area contributed by atoms with Gasteiger partial charge in [-0.2, -0.15) is 18.3 Å². The van der Waals surface area contributed by atoms with Gasteiger partial charge in [-0.25, -0.2) is 31.7 Å². The number of alkyl halides is 7. The number of imidazole rings is 1. The lowest BCUT2D eigenvalue weighted by atomic mass is 9.81. The van der Waals surface area contributed by atoms with Gasteiger partial charge in [-0.05, 0) is 48.4 Å². The summed E-state index contributed by atoms with van der Waals surface area (Å²) >= 11 is 0. The van der Waals surface area contributed by atoms with Gasteiger partial charge >= 0.3 is 6.18 Å². The number of nitrogens with zero attached hydrogens (tertiary/aromatic N) is 5. The summed E-state index contributed by atoms with van der Waals surface area (Å²) in [7, 11) is 0. The zero-order valence-electron chi connectivity index (χ0n) is 21.9. The van der Waals surface area contributed by atoms with Crippen LogP contribution in [0.3, 0.4) is 0 Å². The zero-order chi connectivity index (χ0) is 30.2. The van der Waals surface area contributed by atoms with E-state index in [9.17, 15) is 40.3 Å². The molecule has 0 bridgehead atoms. The number of nitrogens with one attached hydrogen (secondary N) is 2. The normalized spacial score (nSPS) is 19.1. The quantitative estimate of drug-likeness (QED) is 0.321. The molecule has 10 nitrogen and oxygen atoms in total. The fraction of sp³-hybridized carbons (Fsp3) is 0.600. The molecule has 0 radical (unpaired) electrons. The maximum absolute atomic E-state index is 13.9. The second-order valence-corrected chi connectivity index (χ2v) is 10.7. The Balaban J connectivity index is 1.43. The highest BCUT2D eigenvalue weighted by molar-refractivity contribution is 5.93. The van der Waals surface area contributed by atoms with E-state index in [1.165, 1.54) is 16.8 Å². The minimum atomic E-state index is -4.74. The molecule has 2 amide bonds. The van der Waals surface area contributed by atoms with Gasteiger partial charge < -0.3 is 10.6 Å². The number of carbonyl (C=O) groups excluding carboxylic acids is 2. The van der Waals surface area contributed by atoms with E-state index in [4.69, 9.17) is 4.63 Å². The first-order valence-corrected chi connectivity index (χ1v) is 13.3. The molecule has 2 fully saturated rings. The minimum Gasteiger partial charge on any atom is -0.346 e. The molecule has 228 valence electrons. The third kappa shape index (κ3) is 6.98. The molecule has 0 aromatic carbocycles. The average molecular weight is 606 g/mol. The van der Waals surface area contributed by atoms with Crippen LogP contribution in [0.5, 0.6) is 0 Å². The lowest BCUT2D eigenvalue weighted by molar-refractivity contribution is -0.139. The van der Waals surface area contributed by atoms with Crippen LogP contribution in [-0.2, 0) is 4.79 Å². The van der Waals surface area contributed by atoms with Crippen LogP contribution >= 0.6 is 0 Å². The van der Waals surface area contributed by atoms with E-state index in [0.717, 1.165) is 19.0 Å². The van der Waals surface area contributed by atoms with Gasteiger partial charge in [0.2, 0.25) is 18.3 Å². The molecule has 2 N–H and O–H groups in total. The summed E-state index contributed by atoms with van der Waals surface area (Å²) in [5, 5.41) is 16.0. The van der Waals surface area contributed by atoms with Gasteiger partial charge in [0.25, 0.3) is 5.91 Å². The third-order valence-corrected chi connectivity index (χ3v) is 7.49. The standard InChI is InChI=1S/C25H26F7N7O3/c26-17(27)8-15(22(40)33-11-25(30,31)32)14-7-18-35-16(10-39(18)34-9-14)19(13-3-5-24(28,29)6-4-13)36-23(41)21-20(12-1-2-12)37-42-38-21/h7,9-10,12-13,15,17,19H,1-6,8,11H2,(H,33,40)(H,36,41)/t15-,19?/m0/s1. The molecule has 3 heterocycles. The Bertz CT molecular complexity index is 1430. The Hall–Kier alpha value is -3.79. The first-order valence-electron chi connectivity index (χ1n) is 13.3. The van der Waals surface area contributed by atoms with E-state index in [0.29, 0.717) is 5.69 Å². The number of hydrogen-bond donors (Lipinski definition) is 2. The van der Waals surface area contributed by atoms with Crippen molar-refractivity contribution in [2.45, 2.75) is 81.3 Å². The Morgan fingerprint density at radius 3 is 2.48 bits per heavy atom. The van der Waals surface area contributed by atoms with Crippen LogP contribution in [0.4, 0.5) is 30.7 Å². The van der Waals surface area contributed by atoms with Gasteiger partial charge in [-0.1, -0.05) is 5.16 Å². The minimum absolute atomic E-state index is 0.0208. The smallest absolute Gasteiger partial charge is 0.346 e. The van der Waals surface area contributed by atoms with Gasteiger partial charge in [-0.15, -0.1) is 0 Å². The van der Waals surface area contributed by atoms with Crippen LogP contribution < -0.4 is 10.6 Å². The molecule has 17 heteroatoms. The second-order valence-electron chi connectivity index (χ2n) is 10.7. The average Bonchev–Trinajstić information content (AvgIpc) is 3.48. The molecular weight excluding hydrogens is 579 g/mol. The Kier molecular flexibility index (Phi) is 8.11. The van der Waals surface area contributed by atoms with Crippen LogP contribution in [-0.4, -0.2) is 61.8 Å². The fourth-order valence-corrected chi connectivity index (χ4v) is 5.15. The van der Waals surface area contributed by atoms with Gasteiger partial charge in [0.05, 0.1) is 30.0 Å². The van der Waals surface area contributed by atoms with Crippen molar-refractivity contribution in [3.8, 4) is 0 Å². The van der Waals surface area contributed by atoms with Crippen molar-refractivity contribution in [2.24, 2.45) is 5.92 Å². The van der Waals surface area contributed by atoms with Crippen LogP contribution in [0.2, 0.25) is 0 Å². The number of fused-ring (bicyclic) bond motifs is 1. The van der Waals surface area contributed by atoms with Crippen LogP contribution in [0.1, 0.15) is 90.3 Å². The lowest BCUT2D eigenvalue weighted by Crippen LogP contribution is -2.37. The second kappa shape index (κ2) is 11.5. The van der Waals surface area contributed by atoms with Crippen molar-refractivity contribution < 1.29 is 45.0 Å². The predicted molar refractivity (Wildman–Crippen MR) is 129 cm³/mol. The van der Waals surface area contributed by atoms with Crippen LogP contribution in [0, 0.1) is 5.92 Å². The maximum Gasteiger partial charge on any atom is 0.405 e. The zero-order valence-corrected chi connectivity index (χ0v) is 21.9. The topological polar surface area (TPSA) is 127 Å². The molecule has 3 aromatic rings. The number of aromatic nitrogens is 5.